The minimum Gasteiger partial charge on any atom is -0.455 e. The summed E-state index contributed by atoms with van der Waals surface area (Å²) in [6.07, 6.45) is 4.26. The molecule has 0 amide bonds. The number of aromatic nitrogens is 3. The van der Waals surface area contributed by atoms with Crippen molar-refractivity contribution < 1.29 is 9.53 Å². The predicted octanol–water partition coefficient (Wildman–Crippen LogP) is 4.56. The first-order valence-electron chi connectivity index (χ1n) is 7.37. The maximum atomic E-state index is 11.6. The van der Waals surface area contributed by atoms with Crippen LogP contribution in [0.5, 0.6) is 0 Å². The van der Waals surface area contributed by atoms with Crippen molar-refractivity contribution in [3.8, 4) is 0 Å². The number of rotatable bonds is 4. The molecule has 0 spiro atoms. The average Bonchev–Trinajstić information content (AvgIpc) is 2.97. The van der Waals surface area contributed by atoms with E-state index in [9.17, 15) is 4.79 Å². The Labute approximate surface area is 151 Å². The van der Waals surface area contributed by atoms with Gasteiger partial charge in [0.2, 0.25) is 0 Å². The second-order valence-electron chi connectivity index (χ2n) is 6.43. The first-order valence-corrected chi connectivity index (χ1v) is 8.13. The molecule has 0 N–H and O–H groups in total. The van der Waals surface area contributed by atoms with Crippen LogP contribution in [0, 0.1) is 5.41 Å². The molecule has 1 aromatic heterocycles. The van der Waals surface area contributed by atoms with Crippen molar-refractivity contribution in [3.63, 3.8) is 0 Å². The van der Waals surface area contributed by atoms with Gasteiger partial charge in [-0.25, -0.2) is 9.67 Å². The Morgan fingerprint density at radius 3 is 2.54 bits per heavy atom. The van der Waals surface area contributed by atoms with E-state index < -0.39 is 6.10 Å². The van der Waals surface area contributed by atoms with Crippen LogP contribution >= 0.6 is 23.2 Å². The van der Waals surface area contributed by atoms with Crippen molar-refractivity contribution in [1.82, 2.24) is 14.8 Å². The van der Waals surface area contributed by atoms with Gasteiger partial charge in [-0.2, -0.15) is 5.10 Å². The zero-order valence-corrected chi connectivity index (χ0v) is 15.5. The molecule has 0 saturated heterocycles. The highest BCUT2D eigenvalue weighted by atomic mass is 35.5. The third-order valence-electron chi connectivity index (χ3n) is 3.29. The molecule has 1 unspecified atom stereocenters. The summed E-state index contributed by atoms with van der Waals surface area (Å²) >= 11 is 12.2. The largest absolute Gasteiger partial charge is 0.455 e. The van der Waals surface area contributed by atoms with E-state index in [1.807, 2.05) is 26.8 Å². The lowest BCUT2D eigenvalue weighted by atomic mass is 9.86. The van der Waals surface area contributed by atoms with Crippen LogP contribution in [0.3, 0.4) is 0 Å². The molecule has 0 aliphatic rings. The fourth-order valence-corrected chi connectivity index (χ4v) is 2.69. The Hall–Kier alpha value is -1.85. The Morgan fingerprint density at radius 1 is 1.33 bits per heavy atom. The first-order chi connectivity index (χ1) is 11.2. The fourth-order valence-electron chi connectivity index (χ4n) is 2.23. The third-order valence-corrected chi connectivity index (χ3v) is 3.85. The van der Waals surface area contributed by atoms with Gasteiger partial charge in [-0.05, 0) is 23.8 Å². The maximum absolute atomic E-state index is 11.6. The first kappa shape index (κ1) is 18.5. The monoisotopic (exact) mass is 367 g/mol. The number of ether oxygens (including phenoxy) is 1. The number of esters is 1. The molecular weight excluding hydrogens is 349 g/mol. The number of halogens is 2. The summed E-state index contributed by atoms with van der Waals surface area (Å²) in [4.78, 5) is 15.6. The minimum atomic E-state index is -0.538. The van der Waals surface area contributed by atoms with E-state index in [1.165, 1.54) is 13.3 Å². The molecule has 1 aromatic carbocycles. The van der Waals surface area contributed by atoms with Gasteiger partial charge in [-0.3, -0.25) is 4.79 Å². The molecule has 1 atom stereocenters. The zero-order valence-electron chi connectivity index (χ0n) is 14.0. The van der Waals surface area contributed by atoms with Gasteiger partial charge in [0.15, 0.2) is 0 Å². The molecule has 7 heteroatoms. The quantitative estimate of drug-likeness (QED) is 0.743. The Balaban J connectivity index is 2.59. The van der Waals surface area contributed by atoms with Gasteiger partial charge in [0.1, 0.15) is 18.8 Å². The normalized spacial score (nSPS) is 13.7. The highest BCUT2D eigenvalue weighted by molar-refractivity contribution is 6.35. The molecule has 0 bridgehead atoms. The lowest BCUT2D eigenvalue weighted by Crippen LogP contribution is -2.34. The van der Waals surface area contributed by atoms with Crippen LogP contribution in [0.2, 0.25) is 10.0 Å². The number of nitrogens with zero attached hydrogens (tertiary/aromatic N) is 3. The maximum Gasteiger partial charge on any atom is 0.303 e. The van der Waals surface area contributed by atoms with Crippen LogP contribution in [0.15, 0.2) is 30.9 Å². The van der Waals surface area contributed by atoms with E-state index in [1.54, 1.807) is 29.2 Å². The molecule has 0 aliphatic carbocycles. The molecule has 0 aliphatic heterocycles. The van der Waals surface area contributed by atoms with E-state index in [2.05, 4.69) is 10.1 Å². The highest BCUT2D eigenvalue weighted by Gasteiger charge is 2.32. The second-order valence-corrected chi connectivity index (χ2v) is 7.27. The summed E-state index contributed by atoms with van der Waals surface area (Å²) in [5.41, 5.74) is 1.04. The summed E-state index contributed by atoms with van der Waals surface area (Å²) in [7, 11) is 0. The molecule has 2 rings (SSSR count). The van der Waals surface area contributed by atoms with E-state index in [0.29, 0.717) is 15.7 Å². The second kappa shape index (κ2) is 7.36. The molecule has 0 radical (unpaired) electrons. The van der Waals surface area contributed by atoms with Crippen molar-refractivity contribution >= 4 is 40.9 Å². The van der Waals surface area contributed by atoms with Crippen molar-refractivity contribution in [2.75, 3.05) is 0 Å². The molecule has 1 heterocycles. The standard InChI is InChI=1S/C17H19Cl2N3O2/c1-11(23)24-16(17(2,3)4)15(22-10-20-9-21-22)7-12-5-6-13(18)8-14(12)19/h5-10,16H,1-4H3/b15-7+. The van der Waals surface area contributed by atoms with E-state index in [0.717, 1.165) is 5.56 Å². The van der Waals surface area contributed by atoms with Crippen molar-refractivity contribution in [3.05, 3.63) is 46.5 Å². The minimum absolute atomic E-state index is 0.359. The van der Waals surface area contributed by atoms with Gasteiger partial charge < -0.3 is 4.74 Å². The van der Waals surface area contributed by atoms with Gasteiger partial charge in [-0.15, -0.1) is 0 Å². The third kappa shape index (κ3) is 4.58. The van der Waals surface area contributed by atoms with Crippen LogP contribution in [0.25, 0.3) is 11.8 Å². The fraction of sp³-hybridized carbons (Fsp3) is 0.353. The zero-order chi connectivity index (χ0) is 17.9. The molecular formula is C17H19Cl2N3O2. The predicted molar refractivity (Wildman–Crippen MR) is 95.7 cm³/mol. The Morgan fingerprint density at radius 2 is 2.04 bits per heavy atom. The van der Waals surface area contributed by atoms with Crippen molar-refractivity contribution in [1.29, 1.82) is 0 Å². The number of benzene rings is 1. The smallest absolute Gasteiger partial charge is 0.303 e. The van der Waals surface area contributed by atoms with E-state index >= 15 is 0 Å². The van der Waals surface area contributed by atoms with Crippen molar-refractivity contribution in [2.24, 2.45) is 5.41 Å². The summed E-state index contributed by atoms with van der Waals surface area (Å²) in [6, 6.07) is 5.21. The molecule has 0 fully saturated rings. The number of hydrogen-bond donors (Lipinski definition) is 0. The molecule has 24 heavy (non-hydrogen) atoms. The van der Waals surface area contributed by atoms with Crippen LogP contribution < -0.4 is 0 Å². The molecule has 5 nitrogen and oxygen atoms in total. The number of carbonyl (C=O) groups is 1. The molecule has 128 valence electrons. The number of carbonyl (C=O) groups excluding carboxylic acids is 1. The summed E-state index contributed by atoms with van der Waals surface area (Å²) in [6.45, 7) is 7.32. The van der Waals surface area contributed by atoms with Crippen LogP contribution in [-0.2, 0) is 9.53 Å². The summed E-state index contributed by atoms with van der Waals surface area (Å²) < 4.78 is 7.14. The number of hydrogen-bond acceptors (Lipinski definition) is 4. The van der Waals surface area contributed by atoms with Gasteiger partial charge in [0.05, 0.1) is 5.70 Å². The van der Waals surface area contributed by atoms with E-state index in [4.69, 9.17) is 27.9 Å². The van der Waals surface area contributed by atoms with Gasteiger partial charge in [-0.1, -0.05) is 50.0 Å². The topological polar surface area (TPSA) is 57.0 Å². The summed E-state index contributed by atoms with van der Waals surface area (Å²) in [5, 5.41) is 5.22. The lowest BCUT2D eigenvalue weighted by Gasteiger charge is -2.31. The highest BCUT2D eigenvalue weighted by Crippen LogP contribution is 2.33. The van der Waals surface area contributed by atoms with Crippen molar-refractivity contribution in [2.45, 2.75) is 33.8 Å². The van der Waals surface area contributed by atoms with Crippen LogP contribution in [0.1, 0.15) is 33.3 Å². The van der Waals surface area contributed by atoms with Gasteiger partial charge in [0, 0.05) is 22.4 Å². The molecule has 0 saturated carbocycles. The summed E-state index contributed by atoms with van der Waals surface area (Å²) in [5.74, 6) is -0.372. The van der Waals surface area contributed by atoms with Gasteiger partial charge >= 0.3 is 5.97 Å². The SMILES string of the molecule is CC(=O)OC(/C(=C\c1ccc(Cl)cc1Cl)n1cncn1)C(C)(C)C. The van der Waals surface area contributed by atoms with Gasteiger partial charge in [0.25, 0.3) is 0 Å². The molecule has 2 aromatic rings. The lowest BCUT2D eigenvalue weighted by molar-refractivity contribution is -0.148. The average molecular weight is 368 g/mol. The van der Waals surface area contributed by atoms with Crippen LogP contribution in [-0.4, -0.2) is 26.8 Å². The Kier molecular flexibility index (Phi) is 5.67. The van der Waals surface area contributed by atoms with Crippen LogP contribution in [0.4, 0.5) is 0 Å². The van der Waals surface area contributed by atoms with E-state index in [-0.39, 0.29) is 11.4 Å². The Bertz CT molecular complexity index is 750.